The van der Waals surface area contributed by atoms with Crippen LogP contribution in [0.5, 0.6) is 0 Å². The summed E-state index contributed by atoms with van der Waals surface area (Å²) in [4.78, 5) is 14.2. The minimum Gasteiger partial charge on any atom is -0.339 e. The van der Waals surface area contributed by atoms with Gasteiger partial charge in [0.2, 0.25) is 5.91 Å². The van der Waals surface area contributed by atoms with Crippen molar-refractivity contribution in [3.63, 3.8) is 0 Å². The normalized spacial score (nSPS) is 18.7. The van der Waals surface area contributed by atoms with E-state index in [-0.39, 0.29) is 11.9 Å². The van der Waals surface area contributed by atoms with Crippen LogP contribution < -0.4 is 5.73 Å². The van der Waals surface area contributed by atoms with E-state index in [4.69, 9.17) is 5.73 Å². The summed E-state index contributed by atoms with van der Waals surface area (Å²) in [6, 6.07) is 0.158. The Bertz CT molecular complexity index is 217. The molecule has 0 bridgehead atoms. The smallest absolute Gasteiger partial charge is 0.239 e. The van der Waals surface area contributed by atoms with Crippen molar-refractivity contribution < 1.29 is 4.79 Å². The molecular weight excluding hydrogens is 220 g/mol. The van der Waals surface area contributed by atoms with Crippen LogP contribution in [0.4, 0.5) is 0 Å². The third kappa shape index (κ3) is 3.67. The molecule has 1 amide bonds. The van der Waals surface area contributed by atoms with Crippen LogP contribution in [0.2, 0.25) is 0 Å². The molecule has 4 heteroatoms. The first-order valence-corrected chi connectivity index (χ1v) is 7.65. The van der Waals surface area contributed by atoms with Gasteiger partial charge in [-0.2, -0.15) is 11.8 Å². The van der Waals surface area contributed by atoms with Gasteiger partial charge in [-0.1, -0.05) is 12.8 Å². The highest BCUT2D eigenvalue weighted by molar-refractivity contribution is 7.98. The lowest BCUT2D eigenvalue weighted by Gasteiger charge is -2.30. The van der Waals surface area contributed by atoms with Crippen LogP contribution in [0.1, 0.15) is 39.0 Å². The SMILES string of the molecule is CCN(C(=O)[C@@H](N)CCSC)C1CCCC1. The molecule has 0 aromatic rings. The minimum atomic E-state index is -0.298. The van der Waals surface area contributed by atoms with Crippen molar-refractivity contribution in [2.24, 2.45) is 5.73 Å². The lowest BCUT2D eigenvalue weighted by atomic mass is 10.1. The molecule has 1 saturated carbocycles. The van der Waals surface area contributed by atoms with Crippen LogP contribution in [0, 0.1) is 0 Å². The zero-order valence-electron chi connectivity index (χ0n) is 10.4. The van der Waals surface area contributed by atoms with Crippen LogP contribution in [-0.2, 0) is 4.79 Å². The Kier molecular flexibility index (Phi) is 6.21. The van der Waals surface area contributed by atoms with Crippen LogP contribution in [0.3, 0.4) is 0 Å². The van der Waals surface area contributed by atoms with E-state index >= 15 is 0 Å². The fraction of sp³-hybridized carbons (Fsp3) is 0.917. The van der Waals surface area contributed by atoms with E-state index in [2.05, 4.69) is 6.92 Å². The van der Waals surface area contributed by atoms with Crippen molar-refractivity contribution in [1.29, 1.82) is 0 Å². The average Bonchev–Trinajstić information content (AvgIpc) is 2.80. The highest BCUT2D eigenvalue weighted by Gasteiger charge is 2.28. The van der Waals surface area contributed by atoms with Gasteiger partial charge in [-0.3, -0.25) is 4.79 Å². The summed E-state index contributed by atoms with van der Waals surface area (Å²) in [5, 5.41) is 0. The monoisotopic (exact) mass is 244 g/mol. The molecule has 0 spiro atoms. The van der Waals surface area contributed by atoms with Gasteiger partial charge in [0.25, 0.3) is 0 Å². The van der Waals surface area contributed by atoms with E-state index in [1.165, 1.54) is 12.8 Å². The third-order valence-corrected chi connectivity index (χ3v) is 3.98. The number of nitrogens with two attached hydrogens (primary N) is 1. The number of carbonyl (C=O) groups excluding carboxylic acids is 1. The van der Waals surface area contributed by atoms with Crippen molar-refractivity contribution in [3.05, 3.63) is 0 Å². The van der Waals surface area contributed by atoms with E-state index in [0.717, 1.165) is 31.6 Å². The average molecular weight is 244 g/mol. The van der Waals surface area contributed by atoms with Gasteiger partial charge in [-0.15, -0.1) is 0 Å². The number of nitrogens with zero attached hydrogens (tertiary/aromatic N) is 1. The Hall–Kier alpha value is -0.220. The highest BCUT2D eigenvalue weighted by atomic mass is 32.2. The van der Waals surface area contributed by atoms with Gasteiger partial charge in [0.15, 0.2) is 0 Å². The molecule has 2 N–H and O–H groups in total. The number of rotatable bonds is 6. The van der Waals surface area contributed by atoms with Gasteiger partial charge in [-0.25, -0.2) is 0 Å². The molecule has 16 heavy (non-hydrogen) atoms. The molecule has 1 aliphatic rings. The van der Waals surface area contributed by atoms with Crippen molar-refractivity contribution in [3.8, 4) is 0 Å². The first kappa shape index (κ1) is 13.8. The number of amides is 1. The maximum absolute atomic E-state index is 12.2. The highest BCUT2D eigenvalue weighted by Crippen LogP contribution is 2.23. The summed E-state index contributed by atoms with van der Waals surface area (Å²) in [5.41, 5.74) is 5.94. The molecule has 1 aliphatic carbocycles. The largest absolute Gasteiger partial charge is 0.339 e. The standard InChI is InChI=1S/C12H24N2OS/c1-3-14(10-6-4-5-7-10)12(15)11(13)8-9-16-2/h10-11H,3-9,13H2,1-2H3/t11-/m0/s1. The quantitative estimate of drug-likeness (QED) is 0.776. The molecule has 0 aromatic carbocycles. The van der Waals surface area contributed by atoms with Gasteiger partial charge in [-0.05, 0) is 38.2 Å². The van der Waals surface area contributed by atoms with Crippen LogP contribution in [0.15, 0.2) is 0 Å². The molecule has 0 saturated heterocycles. The Morgan fingerprint density at radius 1 is 1.50 bits per heavy atom. The number of hydrogen-bond acceptors (Lipinski definition) is 3. The Morgan fingerprint density at radius 3 is 2.62 bits per heavy atom. The molecule has 0 unspecified atom stereocenters. The summed E-state index contributed by atoms with van der Waals surface area (Å²) < 4.78 is 0. The topological polar surface area (TPSA) is 46.3 Å². The van der Waals surface area contributed by atoms with Crippen molar-refractivity contribution in [2.45, 2.75) is 51.1 Å². The van der Waals surface area contributed by atoms with Gasteiger partial charge in [0, 0.05) is 12.6 Å². The molecule has 1 rings (SSSR count). The van der Waals surface area contributed by atoms with E-state index < -0.39 is 0 Å². The molecule has 1 atom stereocenters. The Labute approximate surface area is 103 Å². The first-order valence-electron chi connectivity index (χ1n) is 6.25. The van der Waals surface area contributed by atoms with E-state index in [0.29, 0.717) is 6.04 Å². The Balaban J connectivity index is 2.47. The van der Waals surface area contributed by atoms with Gasteiger partial charge in [0.05, 0.1) is 6.04 Å². The predicted molar refractivity (Wildman–Crippen MR) is 70.6 cm³/mol. The van der Waals surface area contributed by atoms with Crippen molar-refractivity contribution >= 4 is 17.7 Å². The predicted octanol–water partition coefficient (Wildman–Crippen LogP) is 1.86. The molecule has 0 heterocycles. The van der Waals surface area contributed by atoms with Crippen LogP contribution in [-0.4, -0.2) is 41.4 Å². The van der Waals surface area contributed by atoms with Crippen molar-refractivity contribution in [1.82, 2.24) is 4.90 Å². The van der Waals surface area contributed by atoms with Crippen LogP contribution in [0.25, 0.3) is 0 Å². The number of thioether (sulfide) groups is 1. The summed E-state index contributed by atoms with van der Waals surface area (Å²) in [7, 11) is 0. The van der Waals surface area contributed by atoms with Gasteiger partial charge < -0.3 is 10.6 Å². The summed E-state index contributed by atoms with van der Waals surface area (Å²) >= 11 is 1.75. The van der Waals surface area contributed by atoms with Gasteiger partial charge in [0.1, 0.15) is 0 Å². The fourth-order valence-corrected chi connectivity index (χ4v) is 2.88. The number of carbonyl (C=O) groups is 1. The van der Waals surface area contributed by atoms with E-state index in [9.17, 15) is 4.79 Å². The number of hydrogen-bond donors (Lipinski definition) is 1. The second-order valence-corrected chi connectivity index (χ2v) is 5.44. The summed E-state index contributed by atoms with van der Waals surface area (Å²) in [6.07, 6.45) is 7.68. The molecule has 3 nitrogen and oxygen atoms in total. The van der Waals surface area contributed by atoms with E-state index in [1.54, 1.807) is 11.8 Å². The lowest BCUT2D eigenvalue weighted by molar-refractivity contribution is -0.134. The third-order valence-electron chi connectivity index (χ3n) is 3.34. The maximum atomic E-state index is 12.2. The molecule has 0 aromatic heterocycles. The summed E-state index contributed by atoms with van der Waals surface area (Å²) in [5.74, 6) is 1.12. The van der Waals surface area contributed by atoms with Crippen molar-refractivity contribution in [2.75, 3.05) is 18.6 Å². The van der Waals surface area contributed by atoms with Crippen LogP contribution >= 0.6 is 11.8 Å². The number of likely N-dealkylation sites (N-methyl/N-ethyl adjacent to an activating group) is 1. The lowest BCUT2D eigenvalue weighted by Crippen LogP contribution is -2.48. The molecule has 1 fully saturated rings. The minimum absolute atomic E-state index is 0.156. The first-order chi connectivity index (χ1) is 7.70. The van der Waals surface area contributed by atoms with E-state index in [1.807, 2.05) is 11.2 Å². The fourth-order valence-electron chi connectivity index (χ4n) is 2.39. The zero-order chi connectivity index (χ0) is 12.0. The summed E-state index contributed by atoms with van der Waals surface area (Å²) in [6.45, 7) is 2.86. The maximum Gasteiger partial charge on any atom is 0.239 e. The molecular formula is C12H24N2OS. The molecule has 0 radical (unpaired) electrons. The Morgan fingerprint density at radius 2 is 2.12 bits per heavy atom. The molecule has 0 aliphatic heterocycles. The van der Waals surface area contributed by atoms with Gasteiger partial charge >= 0.3 is 0 Å². The zero-order valence-corrected chi connectivity index (χ0v) is 11.3. The second-order valence-electron chi connectivity index (χ2n) is 4.45. The second kappa shape index (κ2) is 7.17. The molecule has 94 valence electrons.